The first-order valence-corrected chi connectivity index (χ1v) is 13.3. The van der Waals surface area contributed by atoms with E-state index in [1.165, 1.54) is 6.07 Å². The highest BCUT2D eigenvalue weighted by Crippen LogP contribution is 2.20. The van der Waals surface area contributed by atoms with Crippen molar-refractivity contribution in [1.82, 2.24) is 14.5 Å². The number of rotatable bonds is 9. The summed E-state index contributed by atoms with van der Waals surface area (Å²) in [6, 6.07) is 17.9. The number of nitrogens with zero attached hydrogens (tertiary/aromatic N) is 2. The number of aliphatic carboxylic acids is 1. The Bertz CT molecular complexity index is 1430. The first-order valence-electron chi connectivity index (χ1n) is 11.8. The molecule has 37 heavy (non-hydrogen) atoms. The molecule has 0 saturated carbocycles. The summed E-state index contributed by atoms with van der Waals surface area (Å²) in [5.74, 6) is -1.46. The summed E-state index contributed by atoms with van der Waals surface area (Å²) in [5, 5.41) is 18.4. The van der Waals surface area contributed by atoms with Crippen LogP contribution in [-0.4, -0.2) is 79.8 Å². The molecule has 1 aliphatic rings. The van der Waals surface area contributed by atoms with Gasteiger partial charge in [0.15, 0.2) is 0 Å². The number of piperazine rings is 1. The number of nitrogens with two attached hydrogens (primary N) is 1. The third-order valence-corrected chi connectivity index (χ3v) is 7.82. The summed E-state index contributed by atoms with van der Waals surface area (Å²) in [7, 11) is -4.06. The highest BCUT2D eigenvalue weighted by molar-refractivity contribution is 7.89. The zero-order valence-corrected chi connectivity index (χ0v) is 20.9. The quantitative estimate of drug-likeness (QED) is 0.243. The second-order valence-corrected chi connectivity index (χ2v) is 10.7. The predicted molar refractivity (Wildman–Crippen MR) is 140 cm³/mol. The predicted octanol–water partition coefficient (Wildman–Crippen LogP) is 1.24. The number of fused-ring (bicyclic) bond motifs is 1. The van der Waals surface area contributed by atoms with Crippen molar-refractivity contribution >= 4 is 38.5 Å². The first kappa shape index (κ1) is 26.3. The van der Waals surface area contributed by atoms with Crippen molar-refractivity contribution < 1.29 is 23.1 Å². The topological polar surface area (TPSA) is 157 Å². The van der Waals surface area contributed by atoms with Gasteiger partial charge in [-0.3, -0.25) is 19.9 Å². The van der Waals surface area contributed by atoms with Crippen molar-refractivity contribution in [2.45, 2.75) is 17.4 Å². The molecule has 0 spiro atoms. The van der Waals surface area contributed by atoms with Gasteiger partial charge in [0, 0.05) is 31.7 Å². The lowest BCUT2D eigenvalue weighted by atomic mass is 10.0. The number of sulfonamides is 1. The molecule has 194 valence electrons. The van der Waals surface area contributed by atoms with Gasteiger partial charge in [-0.25, -0.2) is 8.42 Å². The maximum Gasteiger partial charge on any atom is 0.317 e. The molecule has 1 fully saturated rings. The fourth-order valence-electron chi connectivity index (χ4n) is 4.41. The number of carbonyl (C=O) groups is 2. The second-order valence-electron chi connectivity index (χ2n) is 9.00. The minimum absolute atomic E-state index is 0.0489. The van der Waals surface area contributed by atoms with Gasteiger partial charge in [0.05, 0.1) is 11.4 Å². The van der Waals surface area contributed by atoms with Crippen LogP contribution in [-0.2, 0) is 26.0 Å². The summed E-state index contributed by atoms with van der Waals surface area (Å²) in [4.78, 5) is 27.9. The fourth-order valence-corrected chi connectivity index (χ4v) is 5.63. The Balaban J connectivity index is 1.60. The lowest BCUT2D eigenvalue weighted by Crippen LogP contribution is -2.56. The number of carboxylic acids is 1. The molecule has 1 aliphatic heterocycles. The summed E-state index contributed by atoms with van der Waals surface area (Å²) < 4.78 is 29.4. The average Bonchev–Trinajstić information content (AvgIpc) is 2.87. The molecule has 1 amide bonds. The molecule has 5 N–H and O–H groups in total. The summed E-state index contributed by atoms with van der Waals surface area (Å²) in [6.07, 6.45) is 0.0576. The molecule has 3 aromatic rings. The van der Waals surface area contributed by atoms with Crippen LogP contribution in [0.3, 0.4) is 0 Å². The summed E-state index contributed by atoms with van der Waals surface area (Å²) >= 11 is 0. The molecule has 3 aromatic carbocycles. The van der Waals surface area contributed by atoms with Crippen LogP contribution < -0.4 is 10.5 Å². The second kappa shape index (κ2) is 11.1. The Kier molecular flexibility index (Phi) is 7.86. The maximum atomic E-state index is 13.6. The van der Waals surface area contributed by atoms with E-state index in [2.05, 4.69) is 4.72 Å². The van der Waals surface area contributed by atoms with E-state index in [9.17, 15) is 18.0 Å². The molecule has 0 aliphatic carbocycles. The van der Waals surface area contributed by atoms with Crippen molar-refractivity contribution in [2.24, 2.45) is 5.73 Å². The Labute approximate surface area is 215 Å². The lowest BCUT2D eigenvalue weighted by Gasteiger charge is -2.35. The van der Waals surface area contributed by atoms with E-state index in [0.29, 0.717) is 24.2 Å². The Hall–Kier alpha value is -3.80. The number of hydrogen-bond donors (Lipinski definition) is 4. The van der Waals surface area contributed by atoms with Gasteiger partial charge in [0.1, 0.15) is 11.9 Å². The van der Waals surface area contributed by atoms with Gasteiger partial charge >= 0.3 is 5.97 Å². The van der Waals surface area contributed by atoms with E-state index in [1.807, 2.05) is 24.3 Å². The molecular formula is C26H29N5O5S. The lowest BCUT2D eigenvalue weighted by molar-refractivity contribution is -0.139. The number of carboxylic acid groups (broad SMARTS) is 1. The summed E-state index contributed by atoms with van der Waals surface area (Å²) in [5.41, 5.74) is 6.74. The zero-order valence-electron chi connectivity index (χ0n) is 20.1. The third kappa shape index (κ3) is 6.50. The van der Waals surface area contributed by atoms with Crippen LogP contribution in [0.5, 0.6) is 0 Å². The van der Waals surface area contributed by atoms with Crippen LogP contribution in [0.2, 0.25) is 0 Å². The number of nitrogens with one attached hydrogen (secondary N) is 2. The van der Waals surface area contributed by atoms with Crippen LogP contribution in [0.15, 0.2) is 71.6 Å². The van der Waals surface area contributed by atoms with Crippen molar-refractivity contribution in [2.75, 3.05) is 32.7 Å². The Morgan fingerprint density at radius 3 is 2.35 bits per heavy atom. The smallest absolute Gasteiger partial charge is 0.317 e. The van der Waals surface area contributed by atoms with Gasteiger partial charge < -0.3 is 15.7 Å². The number of amidine groups is 1. The van der Waals surface area contributed by atoms with E-state index in [-0.39, 0.29) is 36.8 Å². The molecule has 1 saturated heterocycles. The van der Waals surface area contributed by atoms with Gasteiger partial charge in [-0.15, -0.1) is 0 Å². The molecule has 0 aromatic heterocycles. The van der Waals surface area contributed by atoms with E-state index >= 15 is 0 Å². The van der Waals surface area contributed by atoms with Gasteiger partial charge in [-0.1, -0.05) is 48.5 Å². The highest BCUT2D eigenvalue weighted by atomic mass is 32.2. The minimum Gasteiger partial charge on any atom is -0.480 e. The molecule has 1 heterocycles. The maximum absolute atomic E-state index is 13.6. The minimum atomic E-state index is -4.06. The molecule has 1 atom stereocenters. The number of carbonyl (C=O) groups excluding carboxylic acids is 1. The van der Waals surface area contributed by atoms with Crippen LogP contribution >= 0.6 is 0 Å². The molecular weight excluding hydrogens is 494 g/mol. The van der Waals surface area contributed by atoms with Crippen molar-refractivity contribution in [1.29, 1.82) is 5.41 Å². The van der Waals surface area contributed by atoms with Crippen LogP contribution in [0.4, 0.5) is 0 Å². The van der Waals surface area contributed by atoms with E-state index < -0.39 is 27.9 Å². The third-order valence-electron chi connectivity index (χ3n) is 6.35. The van der Waals surface area contributed by atoms with Gasteiger partial charge in [-0.05, 0) is 41.0 Å². The van der Waals surface area contributed by atoms with Crippen molar-refractivity contribution in [3.05, 3.63) is 77.9 Å². The van der Waals surface area contributed by atoms with E-state index in [1.54, 1.807) is 46.2 Å². The Morgan fingerprint density at radius 2 is 1.68 bits per heavy atom. The standard InChI is InChI=1S/C26H29N5O5S/c27-25(28)21-7-3-4-18(14-21)15-23(26(34)31-12-10-30(11-13-31)17-24(32)33)29-37(35,36)22-9-8-19-5-1-2-6-20(19)16-22/h1-9,14,16,23,29H,10-13,15,17H2,(H3,27,28)(H,32,33)/t23-/m0/s1. The zero-order chi connectivity index (χ0) is 26.6. The number of nitrogen functional groups attached to an aromatic ring is 1. The Morgan fingerprint density at radius 1 is 0.973 bits per heavy atom. The SMILES string of the molecule is N=C(N)c1cccc(C[C@H](NS(=O)(=O)c2ccc3ccccc3c2)C(=O)N2CCN(CC(=O)O)CC2)c1. The van der Waals surface area contributed by atoms with Crippen LogP contribution in [0, 0.1) is 5.41 Å². The van der Waals surface area contributed by atoms with Crippen molar-refractivity contribution in [3.63, 3.8) is 0 Å². The van der Waals surface area contributed by atoms with Gasteiger partial charge in [-0.2, -0.15) is 4.72 Å². The molecule has 0 radical (unpaired) electrons. The normalized spacial score (nSPS) is 15.4. The van der Waals surface area contributed by atoms with Crippen molar-refractivity contribution in [3.8, 4) is 0 Å². The van der Waals surface area contributed by atoms with Gasteiger partial charge in [0.25, 0.3) is 0 Å². The van der Waals surface area contributed by atoms with Crippen LogP contribution in [0.25, 0.3) is 10.8 Å². The number of hydrogen-bond acceptors (Lipinski definition) is 6. The van der Waals surface area contributed by atoms with Gasteiger partial charge in [0.2, 0.25) is 15.9 Å². The average molecular weight is 524 g/mol. The molecule has 10 nitrogen and oxygen atoms in total. The van der Waals surface area contributed by atoms with E-state index in [0.717, 1.165) is 10.8 Å². The molecule has 11 heteroatoms. The first-order chi connectivity index (χ1) is 17.6. The largest absolute Gasteiger partial charge is 0.480 e. The summed E-state index contributed by atoms with van der Waals surface area (Å²) in [6.45, 7) is 1.21. The molecule has 0 unspecified atom stereocenters. The van der Waals surface area contributed by atoms with Crippen LogP contribution in [0.1, 0.15) is 11.1 Å². The number of benzene rings is 3. The molecule has 4 rings (SSSR count). The fraction of sp³-hybridized carbons (Fsp3) is 0.269. The molecule has 0 bridgehead atoms. The number of amides is 1. The highest BCUT2D eigenvalue weighted by Gasteiger charge is 2.32. The van der Waals surface area contributed by atoms with E-state index in [4.69, 9.17) is 16.2 Å². The monoisotopic (exact) mass is 523 g/mol.